The zero-order valence-corrected chi connectivity index (χ0v) is 17.8. The van der Waals surface area contributed by atoms with Crippen molar-refractivity contribution < 1.29 is 9.47 Å². The second kappa shape index (κ2) is 7.39. The van der Waals surface area contributed by atoms with E-state index in [4.69, 9.17) is 21.1 Å². The Labute approximate surface area is 189 Å². The van der Waals surface area contributed by atoms with Gasteiger partial charge in [0, 0.05) is 28.6 Å². The van der Waals surface area contributed by atoms with Gasteiger partial charge in [0.15, 0.2) is 0 Å². The van der Waals surface area contributed by atoms with Gasteiger partial charge in [0.2, 0.25) is 5.95 Å². The zero-order valence-electron chi connectivity index (χ0n) is 17.1. The van der Waals surface area contributed by atoms with Crippen LogP contribution in [-0.4, -0.2) is 26.9 Å². The summed E-state index contributed by atoms with van der Waals surface area (Å²) < 4.78 is 13.8. The van der Waals surface area contributed by atoms with Crippen molar-refractivity contribution in [2.24, 2.45) is 0 Å². The third-order valence-electron chi connectivity index (χ3n) is 5.79. The molecule has 0 spiro atoms. The van der Waals surface area contributed by atoms with Gasteiger partial charge in [-0.15, -0.1) is 0 Å². The molecule has 0 bridgehead atoms. The highest BCUT2D eigenvalue weighted by molar-refractivity contribution is 6.30. The summed E-state index contributed by atoms with van der Waals surface area (Å²) in [7, 11) is 1.66. The Balaban J connectivity index is 1.61. The minimum absolute atomic E-state index is 0.253. The molecule has 4 aromatic rings. The van der Waals surface area contributed by atoms with Crippen LogP contribution in [0.2, 0.25) is 5.02 Å². The zero-order chi connectivity index (χ0) is 21.7. The highest BCUT2D eigenvalue weighted by Crippen LogP contribution is 2.50. The molecular weight excluding hydrogens is 426 g/mol. The fourth-order valence-corrected chi connectivity index (χ4v) is 4.53. The molecule has 2 aliphatic heterocycles. The number of rotatable bonds is 3. The molecule has 4 heterocycles. The van der Waals surface area contributed by atoms with Gasteiger partial charge in [0.05, 0.1) is 12.8 Å². The number of benzene rings is 2. The van der Waals surface area contributed by atoms with Crippen LogP contribution in [0.5, 0.6) is 11.5 Å². The second-order valence-corrected chi connectivity index (χ2v) is 8.02. The Morgan fingerprint density at radius 1 is 1.09 bits per heavy atom. The predicted octanol–water partition coefficient (Wildman–Crippen LogP) is 4.90. The first-order valence-electron chi connectivity index (χ1n) is 10.1. The largest absolute Gasteiger partial charge is 0.497 e. The van der Waals surface area contributed by atoms with Crippen molar-refractivity contribution in [3.8, 4) is 11.5 Å². The van der Waals surface area contributed by atoms with Gasteiger partial charge in [-0.25, -0.2) is 4.68 Å². The summed E-state index contributed by atoms with van der Waals surface area (Å²) in [5.74, 6) is 2.19. The number of aromatic nitrogens is 4. The molecule has 0 saturated carbocycles. The van der Waals surface area contributed by atoms with Crippen LogP contribution in [-0.2, 0) is 0 Å². The number of anilines is 1. The number of nitrogens with one attached hydrogen (secondary N) is 1. The molecule has 1 N–H and O–H groups in total. The van der Waals surface area contributed by atoms with Gasteiger partial charge in [-0.3, -0.25) is 4.98 Å². The predicted molar refractivity (Wildman–Crippen MR) is 121 cm³/mol. The molecule has 0 unspecified atom stereocenters. The van der Waals surface area contributed by atoms with Gasteiger partial charge in [0.25, 0.3) is 0 Å². The van der Waals surface area contributed by atoms with E-state index in [1.165, 1.54) is 0 Å². The maximum Gasteiger partial charge on any atom is 0.226 e. The molecule has 2 aromatic carbocycles. The van der Waals surface area contributed by atoms with E-state index >= 15 is 0 Å². The van der Waals surface area contributed by atoms with Gasteiger partial charge < -0.3 is 14.8 Å². The normalized spacial score (nSPS) is 18.7. The molecule has 2 aromatic heterocycles. The van der Waals surface area contributed by atoms with Crippen LogP contribution in [0.15, 0.2) is 78.9 Å². The molecule has 2 aliphatic rings. The topological polar surface area (TPSA) is 74.1 Å². The average Bonchev–Trinajstić information content (AvgIpc) is 3.31. The quantitative estimate of drug-likeness (QED) is 0.485. The number of nitrogens with zero attached hydrogens (tertiary/aromatic N) is 4. The SMILES string of the molecule is COc1ccc([C@H]2Oc3ccc(Cl)cc3C3=C2[C@H](c2cccnc2)n2ncnc2N3)cc1. The van der Waals surface area contributed by atoms with Gasteiger partial charge in [-0.2, -0.15) is 10.1 Å². The van der Waals surface area contributed by atoms with Crippen molar-refractivity contribution in [1.82, 2.24) is 19.7 Å². The maximum atomic E-state index is 6.58. The minimum atomic E-state index is -0.361. The van der Waals surface area contributed by atoms with Crippen LogP contribution in [0.25, 0.3) is 5.70 Å². The molecule has 0 amide bonds. The van der Waals surface area contributed by atoms with Crippen LogP contribution in [0, 0.1) is 0 Å². The summed E-state index contributed by atoms with van der Waals surface area (Å²) in [5, 5.41) is 8.62. The van der Waals surface area contributed by atoms with Crippen LogP contribution < -0.4 is 14.8 Å². The van der Waals surface area contributed by atoms with Gasteiger partial charge >= 0.3 is 0 Å². The fourth-order valence-electron chi connectivity index (χ4n) is 4.35. The first kappa shape index (κ1) is 18.9. The lowest BCUT2D eigenvalue weighted by molar-refractivity contribution is 0.223. The molecule has 0 fully saturated rings. The highest BCUT2D eigenvalue weighted by atomic mass is 35.5. The van der Waals surface area contributed by atoms with Gasteiger partial charge in [0.1, 0.15) is 30.0 Å². The lowest BCUT2D eigenvalue weighted by Gasteiger charge is -2.38. The lowest BCUT2D eigenvalue weighted by Crippen LogP contribution is -2.32. The minimum Gasteiger partial charge on any atom is -0.497 e. The molecule has 158 valence electrons. The standard InChI is InChI=1S/C24H18ClN5O2/c1-31-17-7-4-14(5-8-17)23-20-21(18-11-16(25)6-9-19(18)32-23)29-24-27-13-28-30(24)22(20)15-3-2-10-26-12-15/h2-13,22-23H,1H3,(H,27,28,29)/t22-,23+/m0/s1. The number of pyridine rings is 1. The first-order valence-corrected chi connectivity index (χ1v) is 10.5. The Hall–Kier alpha value is -3.84. The number of hydrogen-bond donors (Lipinski definition) is 1. The van der Waals surface area contributed by atoms with Crippen molar-refractivity contribution in [3.63, 3.8) is 0 Å². The summed E-state index contributed by atoms with van der Waals surface area (Å²) in [6, 6.07) is 17.3. The van der Waals surface area contributed by atoms with E-state index in [1.807, 2.05) is 65.5 Å². The summed E-state index contributed by atoms with van der Waals surface area (Å²) in [5.41, 5.74) is 4.80. The first-order chi connectivity index (χ1) is 15.7. The average molecular weight is 444 g/mol. The molecule has 0 aliphatic carbocycles. The van der Waals surface area contributed by atoms with E-state index in [9.17, 15) is 0 Å². The number of methoxy groups -OCH3 is 1. The van der Waals surface area contributed by atoms with Crippen molar-refractivity contribution in [3.05, 3.63) is 101 Å². The summed E-state index contributed by atoms with van der Waals surface area (Å²) in [4.78, 5) is 8.79. The third kappa shape index (κ3) is 2.93. The number of hydrogen-bond acceptors (Lipinski definition) is 6. The summed E-state index contributed by atoms with van der Waals surface area (Å²) in [6.45, 7) is 0. The van der Waals surface area contributed by atoms with Crippen molar-refractivity contribution >= 4 is 23.2 Å². The molecule has 0 saturated heterocycles. The van der Waals surface area contributed by atoms with E-state index < -0.39 is 0 Å². The lowest BCUT2D eigenvalue weighted by atomic mass is 9.85. The molecule has 32 heavy (non-hydrogen) atoms. The Bertz CT molecular complexity index is 1330. The number of fused-ring (bicyclic) bond motifs is 3. The smallest absolute Gasteiger partial charge is 0.226 e. The summed E-state index contributed by atoms with van der Waals surface area (Å²) >= 11 is 6.36. The number of halogens is 1. The second-order valence-electron chi connectivity index (χ2n) is 7.58. The monoisotopic (exact) mass is 443 g/mol. The number of ether oxygens (including phenoxy) is 2. The molecule has 2 atom stereocenters. The van der Waals surface area contributed by atoms with Crippen LogP contribution >= 0.6 is 11.6 Å². The van der Waals surface area contributed by atoms with E-state index in [1.54, 1.807) is 19.6 Å². The third-order valence-corrected chi connectivity index (χ3v) is 6.03. The van der Waals surface area contributed by atoms with E-state index in [2.05, 4.69) is 20.4 Å². The molecule has 0 radical (unpaired) electrons. The van der Waals surface area contributed by atoms with Crippen LogP contribution in [0.4, 0.5) is 5.95 Å². The summed E-state index contributed by atoms with van der Waals surface area (Å²) in [6.07, 6.45) is 4.80. The highest BCUT2D eigenvalue weighted by Gasteiger charge is 2.41. The molecular formula is C24H18ClN5O2. The molecule has 7 nitrogen and oxygen atoms in total. The maximum absolute atomic E-state index is 6.58. The Morgan fingerprint density at radius 3 is 2.75 bits per heavy atom. The van der Waals surface area contributed by atoms with E-state index in [0.717, 1.165) is 39.5 Å². The van der Waals surface area contributed by atoms with Gasteiger partial charge in [-0.1, -0.05) is 29.8 Å². The van der Waals surface area contributed by atoms with E-state index in [-0.39, 0.29) is 12.1 Å². The van der Waals surface area contributed by atoms with Crippen molar-refractivity contribution in [2.75, 3.05) is 12.4 Å². The van der Waals surface area contributed by atoms with Crippen LogP contribution in [0.1, 0.15) is 28.8 Å². The molecule has 8 heteroatoms. The van der Waals surface area contributed by atoms with Crippen LogP contribution in [0.3, 0.4) is 0 Å². The Kier molecular flexibility index (Phi) is 4.36. The van der Waals surface area contributed by atoms with E-state index in [0.29, 0.717) is 11.0 Å². The van der Waals surface area contributed by atoms with Crippen molar-refractivity contribution in [1.29, 1.82) is 0 Å². The fraction of sp³-hybridized carbons (Fsp3) is 0.125. The van der Waals surface area contributed by atoms with Crippen molar-refractivity contribution in [2.45, 2.75) is 12.1 Å². The molecule has 6 rings (SSSR count). The Morgan fingerprint density at radius 2 is 1.97 bits per heavy atom. The van der Waals surface area contributed by atoms with Gasteiger partial charge in [-0.05, 0) is 47.5 Å².